The Kier molecular flexibility index (Phi) is 5.04. The predicted octanol–water partition coefficient (Wildman–Crippen LogP) is 3.79. The minimum atomic E-state index is -1.15. The molecular formula is C20H22F3N3O. The largest absolute Gasteiger partial charge is 0.310 e. The zero-order chi connectivity index (χ0) is 19.0. The van der Waals surface area contributed by atoms with Crippen molar-refractivity contribution in [2.75, 3.05) is 6.54 Å². The summed E-state index contributed by atoms with van der Waals surface area (Å²) >= 11 is 0. The highest BCUT2D eigenvalue weighted by molar-refractivity contribution is 5.24. The Bertz CT molecular complexity index is 906. The fourth-order valence-corrected chi connectivity index (χ4v) is 4.15. The van der Waals surface area contributed by atoms with Crippen molar-refractivity contribution in [3.63, 3.8) is 0 Å². The minimum Gasteiger partial charge on any atom is -0.310 e. The molecule has 2 aliphatic rings. The lowest BCUT2D eigenvalue weighted by molar-refractivity contribution is 0.231. The summed E-state index contributed by atoms with van der Waals surface area (Å²) in [7, 11) is 0. The molecule has 4 nitrogen and oxygen atoms in total. The van der Waals surface area contributed by atoms with Gasteiger partial charge in [-0.1, -0.05) is 19.3 Å². The Balaban J connectivity index is 1.58. The highest BCUT2D eigenvalue weighted by atomic mass is 19.2. The van der Waals surface area contributed by atoms with Gasteiger partial charge in [-0.3, -0.25) is 9.69 Å². The molecule has 1 fully saturated rings. The first-order valence-electron chi connectivity index (χ1n) is 9.49. The van der Waals surface area contributed by atoms with Gasteiger partial charge in [0.05, 0.1) is 5.69 Å². The summed E-state index contributed by atoms with van der Waals surface area (Å²) in [5, 5.41) is 0. The van der Waals surface area contributed by atoms with E-state index in [0.29, 0.717) is 30.8 Å². The molecule has 0 unspecified atom stereocenters. The quantitative estimate of drug-likeness (QED) is 0.828. The Labute approximate surface area is 155 Å². The first-order valence-corrected chi connectivity index (χ1v) is 9.49. The first kappa shape index (κ1) is 18.2. The van der Waals surface area contributed by atoms with Crippen LogP contribution < -0.4 is 5.56 Å². The third-order valence-corrected chi connectivity index (χ3v) is 5.68. The highest BCUT2D eigenvalue weighted by Crippen LogP contribution is 2.31. The van der Waals surface area contributed by atoms with Crippen molar-refractivity contribution in [1.82, 2.24) is 14.9 Å². The number of hydrogen-bond acceptors (Lipinski definition) is 3. The van der Waals surface area contributed by atoms with E-state index in [1.807, 2.05) is 0 Å². The van der Waals surface area contributed by atoms with Gasteiger partial charge in [-0.15, -0.1) is 0 Å². The van der Waals surface area contributed by atoms with Crippen LogP contribution in [0.1, 0.15) is 60.7 Å². The molecule has 0 amide bonds. The van der Waals surface area contributed by atoms with Crippen molar-refractivity contribution in [3.05, 3.63) is 62.6 Å². The van der Waals surface area contributed by atoms with Crippen molar-refractivity contribution in [1.29, 1.82) is 0 Å². The minimum absolute atomic E-state index is 0.0535. The fourth-order valence-electron chi connectivity index (χ4n) is 4.15. The van der Waals surface area contributed by atoms with Gasteiger partial charge in [0.1, 0.15) is 11.6 Å². The number of halogens is 3. The molecule has 27 heavy (non-hydrogen) atoms. The topological polar surface area (TPSA) is 49.0 Å². The summed E-state index contributed by atoms with van der Waals surface area (Å²) in [4.78, 5) is 21.9. The maximum Gasteiger partial charge on any atom is 0.254 e. The van der Waals surface area contributed by atoms with Crippen LogP contribution >= 0.6 is 0 Å². The van der Waals surface area contributed by atoms with Gasteiger partial charge in [0, 0.05) is 36.7 Å². The second kappa shape index (κ2) is 7.46. The van der Waals surface area contributed by atoms with Crippen molar-refractivity contribution in [2.24, 2.45) is 0 Å². The number of rotatable bonds is 3. The number of benzene rings is 1. The molecule has 1 aromatic carbocycles. The summed E-state index contributed by atoms with van der Waals surface area (Å²) in [5.74, 6) is -1.98. The second-order valence-electron chi connectivity index (χ2n) is 7.49. The number of fused-ring (bicyclic) bond motifs is 1. The molecule has 144 valence electrons. The lowest BCUT2D eigenvalue weighted by Crippen LogP contribution is -2.36. The zero-order valence-electron chi connectivity index (χ0n) is 15.0. The summed E-state index contributed by atoms with van der Waals surface area (Å²) in [5.41, 5.74) is 0.924. The lowest BCUT2D eigenvalue weighted by Gasteiger charge is -2.29. The third-order valence-electron chi connectivity index (χ3n) is 5.68. The molecule has 0 saturated heterocycles. The number of hydrogen-bond donors (Lipinski definition) is 1. The summed E-state index contributed by atoms with van der Waals surface area (Å²) in [6, 6.07) is 1.73. The van der Waals surface area contributed by atoms with Crippen LogP contribution in [0.5, 0.6) is 0 Å². The third kappa shape index (κ3) is 3.65. The van der Waals surface area contributed by atoms with Gasteiger partial charge in [0.25, 0.3) is 5.56 Å². The van der Waals surface area contributed by atoms with Crippen molar-refractivity contribution >= 4 is 0 Å². The molecule has 1 aliphatic heterocycles. The Morgan fingerprint density at radius 1 is 1.11 bits per heavy atom. The van der Waals surface area contributed by atoms with E-state index in [9.17, 15) is 18.0 Å². The monoisotopic (exact) mass is 377 g/mol. The maximum atomic E-state index is 14.0. The van der Waals surface area contributed by atoms with Gasteiger partial charge in [0.2, 0.25) is 0 Å². The van der Waals surface area contributed by atoms with Crippen LogP contribution in [0.2, 0.25) is 0 Å². The number of nitrogens with zero attached hydrogens (tertiary/aromatic N) is 2. The number of aromatic amines is 1. The van der Waals surface area contributed by atoms with Gasteiger partial charge >= 0.3 is 0 Å². The molecule has 0 atom stereocenters. The van der Waals surface area contributed by atoms with Crippen LogP contribution in [-0.4, -0.2) is 21.4 Å². The molecular weight excluding hydrogens is 355 g/mol. The number of H-pyrrole nitrogens is 1. The average Bonchev–Trinajstić information content (AvgIpc) is 2.68. The van der Waals surface area contributed by atoms with E-state index in [1.165, 1.54) is 6.42 Å². The van der Waals surface area contributed by atoms with Crippen LogP contribution in [0.4, 0.5) is 13.2 Å². The molecule has 1 N–H and O–H groups in total. The molecule has 2 heterocycles. The van der Waals surface area contributed by atoms with E-state index < -0.39 is 17.5 Å². The van der Waals surface area contributed by atoms with Gasteiger partial charge in [-0.2, -0.15) is 0 Å². The van der Waals surface area contributed by atoms with Gasteiger partial charge in [0.15, 0.2) is 11.6 Å². The van der Waals surface area contributed by atoms with Crippen molar-refractivity contribution in [3.8, 4) is 0 Å². The molecule has 1 aliphatic carbocycles. The molecule has 0 spiro atoms. The normalized spacial score (nSPS) is 18.5. The molecule has 1 aromatic heterocycles. The maximum absolute atomic E-state index is 14.0. The van der Waals surface area contributed by atoms with E-state index in [4.69, 9.17) is 4.98 Å². The van der Waals surface area contributed by atoms with E-state index in [-0.39, 0.29) is 23.6 Å². The molecule has 4 rings (SSSR count). The summed E-state index contributed by atoms with van der Waals surface area (Å²) in [6.45, 7) is 0.742. The van der Waals surface area contributed by atoms with Gasteiger partial charge < -0.3 is 4.98 Å². The number of aromatic nitrogens is 2. The first-order chi connectivity index (χ1) is 13.0. The zero-order valence-corrected chi connectivity index (χ0v) is 15.0. The van der Waals surface area contributed by atoms with E-state index in [2.05, 4.69) is 4.98 Å². The fraction of sp³-hybridized carbons (Fsp3) is 0.500. The Morgan fingerprint density at radius 3 is 2.63 bits per heavy atom. The molecule has 1 saturated carbocycles. The van der Waals surface area contributed by atoms with Crippen LogP contribution in [0.3, 0.4) is 0 Å². The van der Waals surface area contributed by atoms with Crippen LogP contribution in [0, 0.1) is 17.5 Å². The standard InChI is InChI=1S/C20H22F3N3O/c21-15-6-7-16(22)18(23)14(15)10-26-9-8-13-17(11-26)24-19(25-20(13)27)12-4-2-1-3-5-12/h6-7,12H,1-5,8-11H2,(H,24,25,27). The molecule has 0 radical (unpaired) electrons. The lowest BCUT2D eigenvalue weighted by atomic mass is 9.88. The summed E-state index contributed by atoms with van der Waals surface area (Å²) in [6.07, 6.45) is 5.98. The van der Waals surface area contributed by atoms with Crippen molar-refractivity contribution < 1.29 is 13.2 Å². The molecule has 7 heteroatoms. The van der Waals surface area contributed by atoms with E-state index >= 15 is 0 Å². The van der Waals surface area contributed by atoms with Crippen LogP contribution in [0.25, 0.3) is 0 Å². The Hall–Kier alpha value is -2.15. The second-order valence-corrected chi connectivity index (χ2v) is 7.49. The van der Waals surface area contributed by atoms with Crippen LogP contribution in [0.15, 0.2) is 16.9 Å². The number of nitrogens with one attached hydrogen (secondary N) is 1. The van der Waals surface area contributed by atoms with Gasteiger partial charge in [-0.25, -0.2) is 18.2 Å². The van der Waals surface area contributed by atoms with Crippen LogP contribution in [-0.2, 0) is 19.5 Å². The Morgan fingerprint density at radius 2 is 1.85 bits per heavy atom. The highest BCUT2D eigenvalue weighted by Gasteiger charge is 2.26. The average molecular weight is 377 g/mol. The molecule has 0 bridgehead atoms. The van der Waals surface area contributed by atoms with Crippen molar-refractivity contribution in [2.45, 2.75) is 57.5 Å². The van der Waals surface area contributed by atoms with E-state index in [1.54, 1.807) is 4.90 Å². The predicted molar refractivity (Wildman–Crippen MR) is 94.8 cm³/mol. The van der Waals surface area contributed by atoms with Gasteiger partial charge in [-0.05, 0) is 31.4 Å². The SMILES string of the molecule is O=c1[nH]c(C2CCCCC2)nc2c1CCN(Cc1c(F)ccc(F)c1F)C2. The summed E-state index contributed by atoms with van der Waals surface area (Å²) < 4.78 is 41.4. The van der Waals surface area contributed by atoms with E-state index in [0.717, 1.165) is 43.6 Å². The molecule has 2 aromatic rings. The smallest absolute Gasteiger partial charge is 0.254 e.